The lowest BCUT2D eigenvalue weighted by Gasteiger charge is -2.30. The molecule has 0 N–H and O–H groups in total. The van der Waals surface area contributed by atoms with Crippen molar-refractivity contribution in [1.82, 2.24) is 9.55 Å². The summed E-state index contributed by atoms with van der Waals surface area (Å²) < 4.78 is 41.9. The number of carbonyl (C=O) groups is 1. The summed E-state index contributed by atoms with van der Waals surface area (Å²) in [6, 6.07) is 8.06. The van der Waals surface area contributed by atoms with Gasteiger partial charge in [-0.2, -0.15) is 0 Å². The third-order valence-electron chi connectivity index (χ3n) is 6.60. The molecule has 2 aromatic carbocycles. The molecule has 0 saturated heterocycles. The molecular formula is C30H28Cl2F2N2O3S. The first kappa shape index (κ1) is 29.9. The number of thioether (sulfide) groups is 1. The molecule has 1 aliphatic rings. The van der Waals surface area contributed by atoms with Crippen LogP contribution in [0.2, 0.25) is 10.0 Å². The number of imidazole rings is 1. The third-order valence-corrected chi connectivity index (χ3v) is 8.25. The first-order chi connectivity index (χ1) is 19.1. The van der Waals surface area contributed by atoms with Gasteiger partial charge in [-0.15, -0.1) is 0 Å². The Hall–Kier alpha value is -3.07. The molecule has 0 bridgehead atoms. The summed E-state index contributed by atoms with van der Waals surface area (Å²) in [5.41, 5.74) is 2.04. The molecule has 1 aromatic heterocycles. The first-order valence-corrected chi connectivity index (χ1v) is 14.2. The molecule has 0 amide bonds. The Kier molecular flexibility index (Phi) is 9.44. The lowest BCUT2D eigenvalue weighted by atomic mass is 9.77. The van der Waals surface area contributed by atoms with Crippen molar-refractivity contribution in [2.75, 3.05) is 13.7 Å². The number of aryl methyl sites for hydroxylation is 1. The average molecular weight is 606 g/mol. The van der Waals surface area contributed by atoms with Crippen molar-refractivity contribution in [3.8, 4) is 5.75 Å². The standard InChI is InChI=1S/C30H28Cl2F2N2O3S/c1-5-39-28(37)19-14-24(32)22(25(34)15-19)17-40-29-35-18(2)27-30(3,20-10-11-23(31)26(16-20)38-4)12-6-8-21(33)9-7-13-36(27)29/h6-12,14-16H,5,13,17H2,1-4H3. The monoisotopic (exact) mass is 604 g/mol. The summed E-state index contributed by atoms with van der Waals surface area (Å²) in [5.74, 6) is -0.970. The Morgan fingerprint density at radius 1 is 1.20 bits per heavy atom. The van der Waals surface area contributed by atoms with Crippen molar-refractivity contribution >= 4 is 40.9 Å². The number of allylic oxidation sites excluding steroid dienone is 6. The van der Waals surface area contributed by atoms with Crippen molar-refractivity contribution < 1.29 is 23.0 Å². The summed E-state index contributed by atoms with van der Waals surface area (Å²) >= 11 is 14.0. The predicted octanol–water partition coefficient (Wildman–Crippen LogP) is 8.40. The van der Waals surface area contributed by atoms with E-state index in [4.69, 9.17) is 37.7 Å². The zero-order valence-corrected chi connectivity index (χ0v) is 24.8. The average Bonchev–Trinajstić information content (AvgIpc) is 3.23. The maximum absolute atomic E-state index is 15.0. The van der Waals surface area contributed by atoms with Gasteiger partial charge in [-0.25, -0.2) is 18.6 Å². The predicted molar refractivity (Wildman–Crippen MR) is 156 cm³/mol. The maximum Gasteiger partial charge on any atom is 0.338 e. The number of halogens is 4. The van der Waals surface area contributed by atoms with E-state index >= 15 is 4.39 Å². The van der Waals surface area contributed by atoms with E-state index in [2.05, 4.69) is 0 Å². The van der Waals surface area contributed by atoms with Crippen LogP contribution in [0.25, 0.3) is 0 Å². The van der Waals surface area contributed by atoms with Gasteiger partial charge in [0, 0.05) is 22.9 Å². The highest BCUT2D eigenvalue weighted by atomic mass is 35.5. The highest BCUT2D eigenvalue weighted by molar-refractivity contribution is 7.98. The normalized spacial score (nSPS) is 16.9. The van der Waals surface area contributed by atoms with Crippen molar-refractivity contribution in [3.63, 3.8) is 0 Å². The van der Waals surface area contributed by atoms with Gasteiger partial charge >= 0.3 is 5.97 Å². The number of ether oxygens (including phenoxy) is 2. The van der Waals surface area contributed by atoms with E-state index in [1.165, 1.54) is 30.0 Å². The minimum absolute atomic E-state index is 0.0494. The van der Waals surface area contributed by atoms with Gasteiger partial charge in [-0.3, -0.25) is 0 Å². The zero-order valence-electron chi connectivity index (χ0n) is 22.4. The molecular weight excluding hydrogens is 577 g/mol. The number of hydrogen-bond acceptors (Lipinski definition) is 5. The van der Waals surface area contributed by atoms with Crippen molar-refractivity contribution in [2.24, 2.45) is 0 Å². The first-order valence-electron chi connectivity index (χ1n) is 12.5. The molecule has 4 rings (SSSR count). The number of esters is 1. The van der Waals surface area contributed by atoms with E-state index in [1.54, 1.807) is 32.3 Å². The number of nitrogens with zero attached hydrogens (tertiary/aromatic N) is 2. The summed E-state index contributed by atoms with van der Waals surface area (Å²) in [7, 11) is 1.55. The smallest absolute Gasteiger partial charge is 0.338 e. The van der Waals surface area contributed by atoms with Crippen LogP contribution >= 0.6 is 35.0 Å². The molecule has 1 aliphatic heterocycles. The van der Waals surface area contributed by atoms with Gasteiger partial charge in [-0.05, 0) is 62.8 Å². The van der Waals surface area contributed by atoms with Gasteiger partial charge in [0.05, 0.1) is 41.1 Å². The van der Waals surface area contributed by atoms with Crippen LogP contribution in [0.1, 0.15) is 46.7 Å². The second-order valence-electron chi connectivity index (χ2n) is 9.23. The fourth-order valence-corrected chi connectivity index (χ4v) is 6.29. The van der Waals surface area contributed by atoms with Gasteiger partial charge in [0.15, 0.2) is 5.16 Å². The van der Waals surface area contributed by atoms with E-state index in [0.717, 1.165) is 23.0 Å². The second kappa shape index (κ2) is 12.6. The van der Waals surface area contributed by atoms with E-state index in [9.17, 15) is 9.18 Å². The molecule has 0 aliphatic carbocycles. The van der Waals surface area contributed by atoms with Crippen LogP contribution in [-0.2, 0) is 22.4 Å². The number of methoxy groups -OCH3 is 1. The highest BCUT2D eigenvalue weighted by Crippen LogP contribution is 2.41. The molecule has 10 heteroatoms. The van der Waals surface area contributed by atoms with E-state index in [0.29, 0.717) is 22.5 Å². The minimum Gasteiger partial charge on any atom is -0.495 e. The van der Waals surface area contributed by atoms with Crippen LogP contribution in [0.15, 0.2) is 71.7 Å². The highest BCUT2D eigenvalue weighted by Gasteiger charge is 2.34. The molecule has 5 nitrogen and oxygen atoms in total. The number of rotatable bonds is 7. The summed E-state index contributed by atoms with van der Waals surface area (Å²) in [6.07, 6.45) is 8.11. The van der Waals surface area contributed by atoms with Gasteiger partial charge < -0.3 is 14.0 Å². The Morgan fingerprint density at radius 2 is 1.98 bits per heavy atom. The topological polar surface area (TPSA) is 53.3 Å². The molecule has 0 spiro atoms. The fourth-order valence-electron chi connectivity index (χ4n) is 4.65. The van der Waals surface area contributed by atoms with Crippen LogP contribution in [0.3, 0.4) is 0 Å². The van der Waals surface area contributed by atoms with E-state index in [1.807, 2.05) is 36.6 Å². The fraction of sp³-hybridized carbons (Fsp3) is 0.267. The number of aromatic nitrogens is 2. The van der Waals surface area contributed by atoms with Crippen LogP contribution < -0.4 is 4.74 Å². The maximum atomic E-state index is 15.0. The SMILES string of the molecule is CCOC(=O)c1cc(F)c(CSc2nc(C)c3n2CC=CC(F)=CC=CC3(C)c2ccc(Cl)c(OC)c2)c(Cl)c1. The number of hydrogen-bond donors (Lipinski definition) is 0. The molecule has 0 saturated carbocycles. The van der Waals surface area contributed by atoms with Gasteiger partial charge in [0.25, 0.3) is 0 Å². The molecule has 3 aromatic rings. The van der Waals surface area contributed by atoms with Crippen LogP contribution in [0.5, 0.6) is 5.75 Å². The molecule has 210 valence electrons. The Labute approximate surface area is 246 Å². The van der Waals surface area contributed by atoms with E-state index in [-0.39, 0.29) is 28.5 Å². The Morgan fingerprint density at radius 3 is 2.67 bits per heavy atom. The third kappa shape index (κ3) is 6.14. The largest absolute Gasteiger partial charge is 0.495 e. The summed E-state index contributed by atoms with van der Waals surface area (Å²) in [6.45, 7) is 6.09. The summed E-state index contributed by atoms with van der Waals surface area (Å²) in [5, 5.41) is 1.20. The Balaban J connectivity index is 1.78. The number of carbonyl (C=O) groups excluding carboxylic acids is 1. The van der Waals surface area contributed by atoms with Crippen LogP contribution in [0.4, 0.5) is 8.78 Å². The molecule has 1 atom stereocenters. The molecule has 1 unspecified atom stereocenters. The number of fused-ring (bicyclic) bond motifs is 1. The lowest BCUT2D eigenvalue weighted by molar-refractivity contribution is 0.0525. The Bertz CT molecular complexity index is 1510. The zero-order chi connectivity index (χ0) is 29.0. The molecule has 2 heterocycles. The van der Waals surface area contributed by atoms with Gasteiger partial charge in [0.1, 0.15) is 17.4 Å². The minimum atomic E-state index is -0.750. The van der Waals surface area contributed by atoms with Crippen LogP contribution in [0, 0.1) is 12.7 Å². The lowest BCUT2D eigenvalue weighted by Crippen LogP contribution is -2.26. The van der Waals surface area contributed by atoms with Gasteiger partial charge in [0.2, 0.25) is 0 Å². The van der Waals surface area contributed by atoms with Crippen molar-refractivity contribution in [2.45, 2.75) is 43.6 Å². The number of benzene rings is 2. The molecule has 40 heavy (non-hydrogen) atoms. The second-order valence-corrected chi connectivity index (χ2v) is 11.0. The van der Waals surface area contributed by atoms with Gasteiger partial charge in [-0.1, -0.05) is 59.3 Å². The van der Waals surface area contributed by atoms with Crippen LogP contribution in [-0.4, -0.2) is 29.2 Å². The summed E-state index contributed by atoms with van der Waals surface area (Å²) in [4.78, 5) is 16.9. The van der Waals surface area contributed by atoms with E-state index < -0.39 is 23.0 Å². The molecule has 0 radical (unpaired) electrons. The van der Waals surface area contributed by atoms with Crippen molar-refractivity contribution in [1.29, 1.82) is 0 Å². The molecule has 0 fully saturated rings. The van der Waals surface area contributed by atoms with Crippen molar-refractivity contribution in [3.05, 3.63) is 110 Å². The quantitative estimate of drug-likeness (QED) is 0.200.